The number of hydrogen-bond acceptors (Lipinski definition) is 2. The summed E-state index contributed by atoms with van der Waals surface area (Å²) in [5.41, 5.74) is 1.02. The van der Waals surface area contributed by atoms with E-state index in [9.17, 15) is 0 Å². The minimum atomic E-state index is 0. The van der Waals surface area contributed by atoms with E-state index in [1.54, 1.807) is 18.3 Å². The molecule has 0 aliphatic carbocycles. The van der Waals surface area contributed by atoms with E-state index in [1.165, 1.54) is 0 Å². The molecule has 4 nitrogen and oxygen atoms in total. The van der Waals surface area contributed by atoms with Crippen LogP contribution in [0, 0.1) is 0 Å². The van der Waals surface area contributed by atoms with Crippen LogP contribution in [0.3, 0.4) is 0 Å². The number of hydrogen-bond donors (Lipinski definition) is 2. The molecule has 0 saturated heterocycles. The summed E-state index contributed by atoms with van der Waals surface area (Å²) < 4.78 is 0. The van der Waals surface area contributed by atoms with Gasteiger partial charge in [-0.3, -0.25) is 0 Å². The van der Waals surface area contributed by atoms with Crippen molar-refractivity contribution in [1.82, 2.24) is 15.6 Å². The number of nitrogens with zero attached hydrogens (tertiary/aromatic N) is 2. The predicted octanol–water partition coefficient (Wildman–Crippen LogP) is 2.98. The van der Waals surface area contributed by atoms with Crippen molar-refractivity contribution in [2.75, 3.05) is 13.1 Å². The molecule has 1 rings (SSSR count). The second-order valence-electron chi connectivity index (χ2n) is 3.75. The number of aromatic nitrogens is 1. The van der Waals surface area contributed by atoms with Gasteiger partial charge in [0.15, 0.2) is 5.96 Å². The molecule has 1 aromatic heterocycles. The molecule has 0 aliphatic heterocycles. The van der Waals surface area contributed by atoms with Gasteiger partial charge in [0.05, 0.1) is 6.54 Å². The molecule has 0 aromatic carbocycles. The lowest BCUT2D eigenvalue weighted by Gasteiger charge is -2.10. The van der Waals surface area contributed by atoms with Gasteiger partial charge in [0.25, 0.3) is 0 Å². The maximum atomic E-state index is 5.73. The first-order chi connectivity index (χ1) is 8.76. The molecule has 0 unspecified atom stereocenters. The van der Waals surface area contributed by atoms with Crippen LogP contribution in [0.15, 0.2) is 36.0 Å². The van der Waals surface area contributed by atoms with Crippen LogP contribution >= 0.6 is 35.6 Å². The van der Waals surface area contributed by atoms with Gasteiger partial charge in [0.1, 0.15) is 5.15 Å². The van der Waals surface area contributed by atoms with Crippen molar-refractivity contribution in [2.45, 2.75) is 19.9 Å². The molecule has 1 aromatic rings. The molecule has 0 aliphatic rings. The smallest absolute Gasteiger partial charge is 0.191 e. The summed E-state index contributed by atoms with van der Waals surface area (Å²) in [5.74, 6) is 0.784. The van der Waals surface area contributed by atoms with Gasteiger partial charge >= 0.3 is 0 Å². The molecule has 2 N–H and O–H groups in total. The van der Waals surface area contributed by atoms with E-state index in [4.69, 9.17) is 11.6 Å². The normalized spacial score (nSPS) is 10.5. The molecule has 19 heavy (non-hydrogen) atoms. The Morgan fingerprint density at radius 3 is 2.84 bits per heavy atom. The van der Waals surface area contributed by atoms with Gasteiger partial charge in [-0.05, 0) is 18.1 Å². The first-order valence-electron chi connectivity index (χ1n) is 5.99. The SMILES string of the molecule is C=CCNC(=NCc1ccc(Cl)nc1)NCCC.I. The zero-order valence-corrected chi connectivity index (χ0v) is 14.1. The largest absolute Gasteiger partial charge is 0.356 e. The van der Waals surface area contributed by atoms with E-state index in [-0.39, 0.29) is 24.0 Å². The van der Waals surface area contributed by atoms with Crippen molar-refractivity contribution in [3.05, 3.63) is 41.7 Å². The van der Waals surface area contributed by atoms with Crippen molar-refractivity contribution in [3.63, 3.8) is 0 Å². The quantitative estimate of drug-likeness (QED) is 0.256. The van der Waals surface area contributed by atoms with Crippen LogP contribution in [0.1, 0.15) is 18.9 Å². The molecule has 0 radical (unpaired) electrons. The lowest BCUT2D eigenvalue weighted by molar-refractivity contribution is 0.794. The van der Waals surface area contributed by atoms with Gasteiger partial charge in [-0.15, -0.1) is 30.6 Å². The number of pyridine rings is 1. The number of nitrogens with one attached hydrogen (secondary N) is 2. The summed E-state index contributed by atoms with van der Waals surface area (Å²) in [5, 5.41) is 6.89. The highest BCUT2D eigenvalue weighted by atomic mass is 127. The van der Waals surface area contributed by atoms with E-state index in [0.29, 0.717) is 18.2 Å². The fourth-order valence-electron chi connectivity index (χ4n) is 1.26. The van der Waals surface area contributed by atoms with Gasteiger partial charge in [-0.1, -0.05) is 30.7 Å². The maximum Gasteiger partial charge on any atom is 0.191 e. The van der Waals surface area contributed by atoms with Gasteiger partial charge in [0.2, 0.25) is 0 Å². The lowest BCUT2D eigenvalue weighted by Crippen LogP contribution is -2.37. The Morgan fingerprint density at radius 2 is 2.26 bits per heavy atom. The third-order valence-electron chi connectivity index (χ3n) is 2.16. The number of rotatable bonds is 6. The van der Waals surface area contributed by atoms with Gasteiger partial charge in [0, 0.05) is 19.3 Å². The highest BCUT2D eigenvalue weighted by molar-refractivity contribution is 14.0. The number of halogens is 2. The van der Waals surface area contributed by atoms with E-state index in [1.807, 2.05) is 6.07 Å². The van der Waals surface area contributed by atoms with E-state index in [2.05, 4.69) is 34.1 Å². The van der Waals surface area contributed by atoms with Crippen LogP contribution in [-0.2, 0) is 6.54 Å². The van der Waals surface area contributed by atoms with Crippen molar-refractivity contribution in [3.8, 4) is 0 Å². The third-order valence-corrected chi connectivity index (χ3v) is 2.39. The molecule has 6 heteroatoms. The second-order valence-corrected chi connectivity index (χ2v) is 4.14. The van der Waals surface area contributed by atoms with Crippen LogP contribution in [-0.4, -0.2) is 24.0 Å². The van der Waals surface area contributed by atoms with Crippen molar-refractivity contribution >= 4 is 41.5 Å². The minimum absolute atomic E-state index is 0. The Hall–Kier alpha value is -0.820. The van der Waals surface area contributed by atoms with Crippen LogP contribution in [0.4, 0.5) is 0 Å². The second kappa shape index (κ2) is 11.0. The zero-order valence-electron chi connectivity index (χ0n) is 11.0. The Morgan fingerprint density at radius 1 is 1.47 bits per heavy atom. The van der Waals surface area contributed by atoms with Crippen molar-refractivity contribution in [2.24, 2.45) is 4.99 Å². The Kier molecular flexibility index (Phi) is 10.6. The molecule has 0 atom stereocenters. The molecule has 106 valence electrons. The summed E-state index contributed by atoms with van der Waals surface area (Å²) >= 11 is 5.73. The van der Waals surface area contributed by atoms with Crippen LogP contribution < -0.4 is 10.6 Å². The van der Waals surface area contributed by atoms with Gasteiger partial charge in [-0.2, -0.15) is 0 Å². The zero-order chi connectivity index (χ0) is 13.2. The number of aliphatic imine (C=N–C) groups is 1. The van der Waals surface area contributed by atoms with Crippen LogP contribution in [0.25, 0.3) is 0 Å². The molecule has 0 bridgehead atoms. The Labute approximate surface area is 136 Å². The third kappa shape index (κ3) is 8.05. The molecule has 0 fully saturated rings. The fourth-order valence-corrected chi connectivity index (χ4v) is 1.37. The summed E-state index contributed by atoms with van der Waals surface area (Å²) in [7, 11) is 0. The van der Waals surface area contributed by atoms with E-state index < -0.39 is 0 Å². The number of guanidine groups is 1. The topological polar surface area (TPSA) is 49.3 Å². The summed E-state index contributed by atoms with van der Waals surface area (Å²) in [6, 6.07) is 3.69. The molecule has 0 spiro atoms. The van der Waals surface area contributed by atoms with E-state index >= 15 is 0 Å². The Bertz CT molecular complexity index is 392. The monoisotopic (exact) mass is 394 g/mol. The molecule has 1 heterocycles. The van der Waals surface area contributed by atoms with Crippen LogP contribution in [0.5, 0.6) is 0 Å². The minimum Gasteiger partial charge on any atom is -0.356 e. The standard InChI is InChI=1S/C13H19ClN4.HI/c1-3-7-15-13(16-8-4-2)18-10-11-5-6-12(14)17-9-11;/h3,5-6,9H,1,4,7-8,10H2,2H3,(H2,15,16,18);1H. The fraction of sp³-hybridized carbons (Fsp3) is 0.385. The molecule has 0 saturated carbocycles. The highest BCUT2D eigenvalue weighted by Gasteiger charge is 1.97. The summed E-state index contributed by atoms with van der Waals surface area (Å²) in [4.78, 5) is 8.48. The average molecular weight is 395 g/mol. The first-order valence-corrected chi connectivity index (χ1v) is 6.37. The highest BCUT2D eigenvalue weighted by Crippen LogP contribution is 2.05. The van der Waals surface area contributed by atoms with E-state index in [0.717, 1.165) is 24.5 Å². The summed E-state index contributed by atoms with van der Waals surface area (Å²) in [6.07, 6.45) is 4.58. The summed E-state index contributed by atoms with van der Waals surface area (Å²) in [6.45, 7) is 7.93. The molecule has 0 amide bonds. The predicted molar refractivity (Wildman–Crippen MR) is 92.3 cm³/mol. The van der Waals surface area contributed by atoms with Crippen molar-refractivity contribution in [1.29, 1.82) is 0 Å². The lowest BCUT2D eigenvalue weighted by atomic mass is 10.3. The van der Waals surface area contributed by atoms with Gasteiger partial charge in [-0.25, -0.2) is 9.98 Å². The van der Waals surface area contributed by atoms with Crippen LogP contribution in [0.2, 0.25) is 5.15 Å². The first kappa shape index (κ1) is 18.2. The van der Waals surface area contributed by atoms with Crippen molar-refractivity contribution < 1.29 is 0 Å². The maximum absolute atomic E-state index is 5.73. The van der Waals surface area contributed by atoms with Gasteiger partial charge < -0.3 is 10.6 Å². The molecular formula is C13H20ClIN4. The molecular weight excluding hydrogens is 375 g/mol. The average Bonchev–Trinajstić information content (AvgIpc) is 2.40. The Balaban J connectivity index is 0.00000324.